The third kappa shape index (κ3) is 7.99. The van der Waals surface area contributed by atoms with E-state index in [0.29, 0.717) is 0 Å². The van der Waals surface area contributed by atoms with Crippen molar-refractivity contribution < 1.29 is 4.39 Å². The van der Waals surface area contributed by atoms with Gasteiger partial charge in [-0.3, -0.25) is 0 Å². The van der Waals surface area contributed by atoms with Gasteiger partial charge in [0.05, 0.1) is 0 Å². The van der Waals surface area contributed by atoms with Crippen LogP contribution in [0, 0.1) is 11.7 Å². The lowest BCUT2D eigenvalue weighted by molar-refractivity contribution is 0.355. The Hall–Kier alpha value is -0.850. The molecule has 0 radical (unpaired) electrons. The van der Waals surface area contributed by atoms with Crippen molar-refractivity contribution in [2.24, 2.45) is 5.92 Å². The average molecular weight is 323 g/mol. The van der Waals surface area contributed by atoms with Gasteiger partial charge in [0.15, 0.2) is 0 Å². The van der Waals surface area contributed by atoms with Crippen LogP contribution < -0.4 is 0 Å². The van der Waals surface area contributed by atoms with Crippen LogP contribution in [0.15, 0.2) is 18.2 Å². The number of hydrogen-bond donors (Lipinski definition) is 0. The van der Waals surface area contributed by atoms with Crippen LogP contribution in [0.5, 0.6) is 0 Å². The van der Waals surface area contributed by atoms with Gasteiger partial charge in [0.2, 0.25) is 0 Å². The van der Waals surface area contributed by atoms with E-state index in [-0.39, 0.29) is 11.2 Å². The Kier molecular flexibility index (Phi) is 11.2. The van der Waals surface area contributed by atoms with Gasteiger partial charge in [0.25, 0.3) is 0 Å². The molecule has 0 amide bonds. The number of rotatable bonds is 8. The number of benzene rings is 1. The molecule has 0 N–H and O–H groups in total. The Bertz CT molecular complexity index is 420. The lowest BCUT2D eigenvalue weighted by Crippen LogP contribution is -2.24. The Morgan fingerprint density at radius 3 is 2.00 bits per heavy atom. The first-order valence-electron chi connectivity index (χ1n) is 9.63. The van der Waals surface area contributed by atoms with Gasteiger partial charge >= 0.3 is 0 Å². The summed E-state index contributed by atoms with van der Waals surface area (Å²) in [5, 5.41) is 0. The minimum Gasteiger partial charge on any atom is -0.207 e. The first-order chi connectivity index (χ1) is 10.8. The molecule has 0 fully saturated rings. The van der Waals surface area contributed by atoms with Crippen LogP contribution in [-0.4, -0.2) is 0 Å². The van der Waals surface area contributed by atoms with E-state index < -0.39 is 0 Å². The van der Waals surface area contributed by atoms with Gasteiger partial charge in [0, 0.05) is 0 Å². The highest BCUT2D eigenvalue weighted by atomic mass is 19.1. The lowest BCUT2D eigenvalue weighted by atomic mass is 9.72. The van der Waals surface area contributed by atoms with Gasteiger partial charge in [-0.25, -0.2) is 4.39 Å². The topological polar surface area (TPSA) is 0 Å². The van der Waals surface area contributed by atoms with Crippen LogP contribution in [0.3, 0.4) is 0 Å². The van der Waals surface area contributed by atoms with Crippen molar-refractivity contribution in [3.8, 4) is 0 Å². The zero-order valence-electron chi connectivity index (χ0n) is 16.6. The highest BCUT2D eigenvalue weighted by molar-refractivity contribution is 5.34. The molecule has 1 heteroatoms. The highest BCUT2D eigenvalue weighted by Crippen LogP contribution is 2.37. The van der Waals surface area contributed by atoms with Gasteiger partial charge in [0.1, 0.15) is 5.82 Å². The first kappa shape index (κ1) is 22.1. The van der Waals surface area contributed by atoms with Crippen molar-refractivity contribution in [2.75, 3.05) is 0 Å². The molecular weight excluding hydrogens is 283 g/mol. The second-order valence-corrected chi connectivity index (χ2v) is 7.40. The number of unbranched alkanes of at least 4 members (excludes halogenated alkanes) is 1. The van der Waals surface area contributed by atoms with Gasteiger partial charge < -0.3 is 0 Å². The van der Waals surface area contributed by atoms with E-state index in [2.05, 4.69) is 48.5 Å². The summed E-state index contributed by atoms with van der Waals surface area (Å²) in [6.07, 6.45) is 8.33. The van der Waals surface area contributed by atoms with Crippen molar-refractivity contribution in [3.05, 3.63) is 35.1 Å². The third-order valence-electron chi connectivity index (χ3n) is 4.67. The van der Waals surface area contributed by atoms with Crippen molar-refractivity contribution >= 4 is 0 Å². The molecule has 0 heterocycles. The summed E-state index contributed by atoms with van der Waals surface area (Å²) in [5.74, 6) is 0.616. The maximum absolute atomic E-state index is 13.4. The van der Waals surface area contributed by atoms with Gasteiger partial charge in [-0.2, -0.15) is 0 Å². The molecule has 0 aromatic heterocycles. The van der Waals surface area contributed by atoms with Crippen molar-refractivity contribution in [1.82, 2.24) is 0 Å². The smallest absolute Gasteiger partial charge is 0.123 e. The fraction of sp³-hybridized carbons (Fsp3) is 0.727. The zero-order chi connectivity index (χ0) is 17.9. The monoisotopic (exact) mass is 322 g/mol. The van der Waals surface area contributed by atoms with Gasteiger partial charge in [-0.05, 0) is 53.9 Å². The summed E-state index contributed by atoms with van der Waals surface area (Å²) in [6, 6.07) is 5.36. The number of hydrogen-bond acceptors (Lipinski definition) is 0. The summed E-state index contributed by atoms with van der Waals surface area (Å²) < 4.78 is 13.4. The molecule has 1 rings (SSSR count). The normalized spacial score (nSPS) is 13.4. The molecule has 1 unspecified atom stereocenters. The first-order valence-corrected chi connectivity index (χ1v) is 9.63. The predicted octanol–water partition coefficient (Wildman–Crippen LogP) is 7.69. The molecule has 1 aromatic carbocycles. The molecule has 1 atom stereocenters. The van der Waals surface area contributed by atoms with E-state index in [4.69, 9.17) is 0 Å². The minimum absolute atomic E-state index is 0.108. The van der Waals surface area contributed by atoms with Crippen molar-refractivity contribution in [2.45, 2.75) is 98.8 Å². The van der Waals surface area contributed by atoms with Gasteiger partial charge in [-0.15, -0.1) is 0 Å². The van der Waals surface area contributed by atoms with Crippen LogP contribution >= 0.6 is 0 Å². The average Bonchev–Trinajstić information content (AvgIpc) is 2.53. The maximum atomic E-state index is 13.4. The predicted molar refractivity (Wildman–Crippen MR) is 103 cm³/mol. The molecule has 0 aliphatic rings. The quantitative estimate of drug-likeness (QED) is 0.460. The fourth-order valence-corrected chi connectivity index (χ4v) is 3.00. The van der Waals surface area contributed by atoms with E-state index in [1.54, 1.807) is 12.1 Å². The van der Waals surface area contributed by atoms with Crippen LogP contribution in [-0.2, 0) is 11.8 Å². The maximum Gasteiger partial charge on any atom is 0.123 e. The van der Waals surface area contributed by atoms with Gasteiger partial charge in [-0.1, -0.05) is 80.2 Å². The zero-order valence-corrected chi connectivity index (χ0v) is 16.6. The second-order valence-electron chi connectivity index (χ2n) is 7.40. The van der Waals surface area contributed by atoms with E-state index in [0.717, 1.165) is 12.3 Å². The molecule has 0 nitrogen and oxygen atoms in total. The van der Waals surface area contributed by atoms with E-state index in [9.17, 15) is 4.39 Å². The van der Waals surface area contributed by atoms with Crippen molar-refractivity contribution in [1.29, 1.82) is 0 Å². The summed E-state index contributed by atoms with van der Waals surface area (Å²) in [6.45, 7) is 15.6. The molecule has 0 saturated carbocycles. The molecule has 23 heavy (non-hydrogen) atoms. The Labute approximate surface area is 144 Å². The fourth-order valence-electron chi connectivity index (χ4n) is 3.00. The molecular formula is C22H39F. The van der Waals surface area contributed by atoms with Crippen molar-refractivity contribution in [3.63, 3.8) is 0 Å². The van der Waals surface area contributed by atoms with E-state index in [1.165, 1.54) is 49.7 Å². The summed E-state index contributed by atoms with van der Waals surface area (Å²) in [5.41, 5.74) is 2.73. The standard InChI is InChI=1S/C18H29F.C4H10/c1-6-11-18(5,12-10-14(3)4)17-9-8-16(19)13-15(17)7-2;1-3-4-2/h8-9,13-14H,6-7,10-12H2,1-5H3;3-4H2,1-2H3. The van der Waals surface area contributed by atoms with Crippen LogP contribution in [0.25, 0.3) is 0 Å². The lowest BCUT2D eigenvalue weighted by Gasteiger charge is -2.33. The summed E-state index contributed by atoms with van der Waals surface area (Å²) in [4.78, 5) is 0. The summed E-state index contributed by atoms with van der Waals surface area (Å²) in [7, 11) is 0. The largest absolute Gasteiger partial charge is 0.207 e. The molecule has 1 aromatic rings. The summed E-state index contributed by atoms with van der Waals surface area (Å²) >= 11 is 0. The third-order valence-corrected chi connectivity index (χ3v) is 4.67. The Morgan fingerprint density at radius 1 is 0.957 bits per heavy atom. The van der Waals surface area contributed by atoms with Crippen LogP contribution in [0.4, 0.5) is 4.39 Å². The molecule has 0 bridgehead atoms. The Morgan fingerprint density at radius 2 is 1.57 bits per heavy atom. The number of aryl methyl sites for hydroxylation is 1. The van der Waals surface area contributed by atoms with Crippen LogP contribution in [0.2, 0.25) is 0 Å². The SMILES string of the molecule is CCCC.CCCC(C)(CCC(C)C)c1ccc(F)cc1CC. The Balaban J connectivity index is 0.00000108. The second kappa shape index (κ2) is 11.6. The number of halogens is 1. The molecule has 0 spiro atoms. The minimum atomic E-state index is -0.108. The molecule has 0 aliphatic carbocycles. The molecule has 0 aliphatic heterocycles. The molecule has 134 valence electrons. The highest BCUT2D eigenvalue weighted by Gasteiger charge is 2.27. The van der Waals surface area contributed by atoms with E-state index >= 15 is 0 Å². The van der Waals surface area contributed by atoms with Crippen LogP contribution in [0.1, 0.15) is 98.1 Å². The molecule has 0 saturated heterocycles. The van der Waals surface area contributed by atoms with E-state index in [1.807, 2.05) is 6.07 Å².